The first kappa shape index (κ1) is 12.9. The summed E-state index contributed by atoms with van der Waals surface area (Å²) in [5.74, 6) is -0.917. The van der Waals surface area contributed by atoms with E-state index in [0.717, 1.165) is 10.0 Å². The van der Waals surface area contributed by atoms with Gasteiger partial charge in [-0.05, 0) is 27.6 Å². The Kier molecular flexibility index (Phi) is 3.56. The molecule has 2 amide bonds. The van der Waals surface area contributed by atoms with Gasteiger partial charge in [0, 0.05) is 36.8 Å². The summed E-state index contributed by atoms with van der Waals surface area (Å²) in [6.07, 6.45) is 0. The quantitative estimate of drug-likeness (QED) is 0.650. The van der Waals surface area contributed by atoms with E-state index in [4.69, 9.17) is 5.73 Å². The second-order valence-corrected chi connectivity index (χ2v) is 5.07. The van der Waals surface area contributed by atoms with Crippen molar-refractivity contribution in [1.29, 1.82) is 0 Å². The van der Waals surface area contributed by atoms with E-state index in [9.17, 15) is 9.59 Å². The molecule has 0 aromatic heterocycles. The van der Waals surface area contributed by atoms with Gasteiger partial charge in [-0.3, -0.25) is 9.59 Å². The Bertz CT molecular complexity index is 504. The smallest absolute Gasteiger partial charge is 0.312 e. The molecule has 1 fully saturated rings. The number of hydrogen-bond donors (Lipinski definition) is 1. The molecule has 1 aromatic rings. The first-order valence-electron chi connectivity index (χ1n) is 5.58. The van der Waals surface area contributed by atoms with Crippen LogP contribution in [-0.2, 0) is 16.1 Å². The third-order valence-corrected chi connectivity index (χ3v) is 3.96. The highest BCUT2D eigenvalue weighted by Gasteiger charge is 2.30. The van der Waals surface area contributed by atoms with E-state index < -0.39 is 11.8 Å². The Morgan fingerprint density at radius 1 is 1.28 bits per heavy atom. The SMILES string of the molecule is CN1CCN(Cc2cccc(N)c2Br)C(=O)C1=O. The standard InChI is InChI=1S/C12H14BrN3O2/c1-15-5-6-16(12(18)11(15)17)7-8-3-2-4-9(14)10(8)13/h2-4H,5-7,14H2,1H3. The van der Waals surface area contributed by atoms with Crippen molar-refractivity contribution in [1.82, 2.24) is 9.80 Å². The van der Waals surface area contributed by atoms with Crippen LogP contribution in [0.5, 0.6) is 0 Å². The lowest BCUT2D eigenvalue weighted by Crippen LogP contribution is -2.52. The minimum absolute atomic E-state index is 0.393. The maximum Gasteiger partial charge on any atom is 0.312 e. The molecule has 0 spiro atoms. The average molecular weight is 312 g/mol. The third kappa shape index (κ3) is 2.33. The summed E-state index contributed by atoms with van der Waals surface area (Å²) >= 11 is 3.40. The molecule has 5 nitrogen and oxygen atoms in total. The van der Waals surface area contributed by atoms with Crippen molar-refractivity contribution < 1.29 is 9.59 Å². The van der Waals surface area contributed by atoms with Crippen LogP contribution in [0.1, 0.15) is 5.56 Å². The van der Waals surface area contributed by atoms with Crippen LogP contribution in [0.2, 0.25) is 0 Å². The van der Waals surface area contributed by atoms with Crippen molar-refractivity contribution in [2.45, 2.75) is 6.54 Å². The number of nitrogens with two attached hydrogens (primary N) is 1. The molecule has 0 atom stereocenters. The lowest BCUT2D eigenvalue weighted by molar-refractivity contribution is -0.155. The van der Waals surface area contributed by atoms with E-state index in [1.165, 1.54) is 4.90 Å². The molecule has 18 heavy (non-hydrogen) atoms. The molecular weight excluding hydrogens is 298 g/mol. The highest BCUT2D eigenvalue weighted by atomic mass is 79.9. The molecule has 1 aliphatic rings. The number of likely N-dealkylation sites (N-methyl/N-ethyl adjacent to an activating group) is 1. The first-order chi connectivity index (χ1) is 8.50. The molecule has 2 rings (SSSR count). The van der Waals surface area contributed by atoms with Crippen LogP contribution < -0.4 is 5.73 Å². The van der Waals surface area contributed by atoms with Crippen molar-refractivity contribution in [3.05, 3.63) is 28.2 Å². The molecule has 0 aliphatic carbocycles. The second-order valence-electron chi connectivity index (χ2n) is 4.27. The van der Waals surface area contributed by atoms with Gasteiger partial charge < -0.3 is 15.5 Å². The number of hydrogen-bond acceptors (Lipinski definition) is 3. The largest absolute Gasteiger partial charge is 0.398 e. The van der Waals surface area contributed by atoms with Crippen LogP contribution in [0.3, 0.4) is 0 Å². The van der Waals surface area contributed by atoms with Gasteiger partial charge in [-0.15, -0.1) is 0 Å². The van der Waals surface area contributed by atoms with Crippen molar-refractivity contribution >= 4 is 33.4 Å². The number of nitrogen functional groups attached to an aromatic ring is 1. The highest BCUT2D eigenvalue weighted by molar-refractivity contribution is 9.10. The molecule has 0 saturated carbocycles. The van der Waals surface area contributed by atoms with Crippen molar-refractivity contribution in [3.8, 4) is 0 Å². The molecule has 96 valence electrons. The number of carbonyl (C=O) groups excluding carboxylic acids is 2. The van der Waals surface area contributed by atoms with Crippen LogP contribution >= 0.6 is 15.9 Å². The minimum atomic E-state index is -0.460. The van der Waals surface area contributed by atoms with Gasteiger partial charge in [0.25, 0.3) is 0 Å². The van der Waals surface area contributed by atoms with Crippen LogP contribution in [0, 0.1) is 0 Å². The Labute approximate surface area is 114 Å². The molecular formula is C12H14BrN3O2. The van der Waals surface area contributed by atoms with E-state index in [-0.39, 0.29) is 0 Å². The molecule has 6 heteroatoms. The number of halogens is 1. The number of carbonyl (C=O) groups is 2. The van der Waals surface area contributed by atoms with Crippen molar-refractivity contribution in [2.75, 3.05) is 25.9 Å². The Hall–Kier alpha value is -1.56. The fourth-order valence-electron chi connectivity index (χ4n) is 1.85. The Morgan fingerprint density at radius 3 is 2.72 bits per heavy atom. The number of anilines is 1. The number of nitrogens with zero attached hydrogens (tertiary/aromatic N) is 2. The van der Waals surface area contributed by atoms with Crippen LogP contribution in [0.4, 0.5) is 5.69 Å². The summed E-state index contributed by atoms with van der Waals surface area (Å²) in [6.45, 7) is 1.50. The zero-order chi connectivity index (χ0) is 13.3. The summed E-state index contributed by atoms with van der Waals surface area (Å²) in [5, 5.41) is 0. The maximum absolute atomic E-state index is 11.8. The van der Waals surface area contributed by atoms with E-state index in [1.54, 1.807) is 18.0 Å². The molecule has 1 saturated heterocycles. The van der Waals surface area contributed by atoms with E-state index in [0.29, 0.717) is 25.3 Å². The van der Waals surface area contributed by atoms with Crippen molar-refractivity contribution in [2.24, 2.45) is 0 Å². The zero-order valence-electron chi connectivity index (χ0n) is 10.0. The van der Waals surface area contributed by atoms with Gasteiger partial charge in [0.1, 0.15) is 0 Å². The fourth-order valence-corrected chi connectivity index (χ4v) is 2.24. The normalized spacial score (nSPS) is 16.3. The number of rotatable bonds is 2. The van der Waals surface area contributed by atoms with Crippen LogP contribution in [0.15, 0.2) is 22.7 Å². The van der Waals surface area contributed by atoms with Gasteiger partial charge in [0.15, 0.2) is 0 Å². The minimum Gasteiger partial charge on any atom is -0.398 e. The summed E-state index contributed by atoms with van der Waals surface area (Å²) in [7, 11) is 1.63. The molecule has 1 aromatic carbocycles. The van der Waals surface area contributed by atoms with Gasteiger partial charge >= 0.3 is 11.8 Å². The first-order valence-corrected chi connectivity index (χ1v) is 6.37. The van der Waals surface area contributed by atoms with Gasteiger partial charge in [-0.1, -0.05) is 12.1 Å². The summed E-state index contributed by atoms with van der Waals surface area (Å²) in [5.41, 5.74) is 7.31. The molecule has 1 heterocycles. The number of benzene rings is 1. The Morgan fingerprint density at radius 2 is 2.00 bits per heavy atom. The van der Waals surface area contributed by atoms with E-state index in [2.05, 4.69) is 15.9 Å². The number of piperazine rings is 1. The summed E-state index contributed by atoms with van der Waals surface area (Å²) in [6, 6.07) is 5.50. The average Bonchev–Trinajstić information content (AvgIpc) is 2.35. The monoisotopic (exact) mass is 311 g/mol. The predicted molar refractivity (Wildman–Crippen MR) is 71.6 cm³/mol. The van der Waals surface area contributed by atoms with E-state index >= 15 is 0 Å². The zero-order valence-corrected chi connectivity index (χ0v) is 11.6. The van der Waals surface area contributed by atoms with Crippen LogP contribution in [0.25, 0.3) is 0 Å². The lowest BCUT2D eigenvalue weighted by atomic mass is 10.1. The van der Waals surface area contributed by atoms with Crippen molar-refractivity contribution in [3.63, 3.8) is 0 Å². The van der Waals surface area contributed by atoms with Gasteiger partial charge in [-0.2, -0.15) is 0 Å². The number of amides is 2. The topological polar surface area (TPSA) is 66.6 Å². The van der Waals surface area contributed by atoms with Gasteiger partial charge in [0.2, 0.25) is 0 Å². The fraction of sp³-hybridized carbons (Fsp3) is 0.333. The third-order valence-electron chi connectivity index (χ3n) is 2.99. The molecule has 0 radical (unpaired) electrons. The molecule has 0 unspecified atom stereocenters. The molecule has 2 N–H and O–H groups in total. The lowest BCUT2D eigenvalue weighted by Gasteiger charge is -2.31. The summed E-state index contributed by atoms with van der Waals surface area (Å²) < 4.78 is 0.782. The van der Waals surface area contributed by atoms with Crippen LogP contribution in [-0.4, -0.2) is 41.8 Å². The Balaban J connectivity index is 2.17. The molecule has 0 bridgehead atoms. The second kappa shape index (κ2) is 4.97. The van der Waals surface area contributed by atoms with E-state index in [1.807, 2.05) is 12.1 Å². The highest BCUT2D eigenvalue weighted by Crippen LogP contribution is 2.25. The summed E-state index contributed by atoms with van der Waals surface area (Å²) in [4.78, 5) is 26.4. The predicted octanol–water partition coefficient (Wildman–Crippen LogP) is 0.832. The maximum atomic E-state index is 11.8. The molecule has 1 aliphatic heterocycles. The van der Waals surface area contributed by atoms with Gasteiger partial charge in [-0.25, -0.2) is 0 Å². The van der Waals surface area contributed by atoms with Gasteiger partial charge in [0.05, 0.1) is 0 Å².